The van der Waals surface area contributed by atoms with Gasteiger partial charge in [-0.3, -0.25) is 4.79 Å². The summed E-state index contributed by atoms with van der Waals surface area (Å²) in [5.74, 6) is 1.84. The van der Waals surface area contributed by atoms with Crippen LogP contribution >= 0.6 is 23.2 Å². The second-order valence-electron chi connectivity index (χ2n) is 9.06. The number of amides is 1. The minimum atomic E-state index is -0.350. The van der Waals surface area contributed by atoms with Gasteiger partial charge in [0, 0.05) is 43.0 Å². The number of carbonyl (C=O) groups excluding carboxylic acids is 1. The average molecular weight is 534 g/mol. The Kier molecular flexibility index (Phi) is 10.4. The van der Waals surface area contributed by atoms with Crippen LogP contribution in [0.1, 0.15) is 36.7 Å². The largest absolute Gasteiger partial charge is 0.493 e. The van der Waals surface area contributed by atoms with E-state index >= 15 is 0 Å². The van der Waals surface area contributed by atoms with Crippen molar-refractivity contribution in [1.29, 1.82) is 0 Å². The number of nitrogens with one attached hydrogen (secondary N) is 2. The Balaban J connectivity index is 1.65. The van der Waals surface area contributed by atoms with Gasteiger partial charge in [-0.05, 0) is 50.2 Å². The topological polar surface area (TPSA) is 82.1 Å². The fourth-order valence-corrected chi connectivity index (χ4v) is 4.03. The highest BCUT2D eigenvalue weighted by Crippen LogP contribution is 2.25. The number of hydrogen-bond acceptors (Lipinski definition) is 7. The molecule has 3 rings (SSSR count). The van der Waals surface area contributed by atoms with Crippen LogP contribution in [0.5, 0.6) is 5.75 Å². The number of benzene rings is 1. The zero-order chi connectivity index (χ0) is 26.1. The number of aromatic nitrogens is 1. The van der Waals surface area contributed by atoms with Gasteiger partial charge >= 0.3 is 0 Å². The van der Waals surface area contributed by atoms with Gasteiger partial charge in [0.2, 0.25) is 0 Å². The summed E-state index contributed by atoms with van der Waals surface area (Å²) < 4.78 is 5.89. The number of piperazine rings is 1. The fourth-order valence-electron chi connectivity index (χ4n) is 3.55. The number of likely N-dealkylation sites (N-methyl/N-ethyl adjacent to an activating group) is 1. The summed E-state index contributed by atoms with van der Waals surface area (Å²) in [7, 11) is 2.09. The van der Waals surface area contributed by atoms with Crippen LogP contribution in [0.15, 0.2) is 47.7 Å². The molecule has 0 spiro atoms. The highest BCUT2D eigenvalue weighted by molar-refractivity contribution is 6.33. The first-order chi connectivity index (χ1) is 17.3. The quantitative estimate of drug-likeness (QED) is 0.279. The second-order valence-corrected chi connectivity index (χ2v) is 9.91. The molecule has 0 unspecified atom stereocenters. The Labute approximate surface area is 223 Å². The number of halogens is 2. The van der Waals surface area contributed by atoms with E-state index in [9.17, 15) is 4.79 Å². The molecule has 0 atom stereocenters. The molecular formula is C26H34Cl2N6O2. The van der Waals surface area contributed by atoms with Crippen molar-refractivity contribution in [1.82, 2.24) is 20.6 Å². The Morgan fingerprint density at radius 3 is 2.64 bits per heavy atom. The highest BCUT2D eigenvalue weighted by atomic mass is 35.5. The minimum Gasteiger partial charge on any atom is -0.493 e. The third kappa shape index (κ3) is 8.11. The third-order valence-electron chi connectivity index (χ3n) is 5.52. The molecule has 1 fully saturated rings. The van der Waals surface area contributed by atoms with Gasteiger partial charge in [-0.25, -0.2) is 4.98 Å². The van der Waals surface area contributed by atoms with E-state index in [2.05, 4.69) is 51.5 Å². The number of ether oxygens (including phenoxy) is 1. The van der Waals surface area contributed by atoms with Crippen LogP contribution in [0, 0.1) is 5.92 Å². The molecule has 2 aromatic rings. The van der Waals surface area contributed by atoms with E-state index in [1.165, 1.54) is 0 Å². The van der Waals surface area contributed by atoms with Crippen LogP contribution in [0.2, 0.25) is 10.0 Å². The normalized spacial score (nSPS) is 15.0. The maximum atomic E-state index is 12.9. The molecule has 2 N–H and O–H groups in total. The molecule has 36 heavy (non-hydrogen) atoms. The zero-order valence-electron chi connectivity index (χ0n) is 21.2. The summed E-state index contributed by atoms with van der Waals surface area (Å²) in [6.45, 7) is 10.6. The maximum Gasteiger partial charge on any atom is 0.258 e. The number of amidine groups is 1. The van der Waals surface area contributed by atoms with E-state index in [0.717, 1.165) is 37.5 Å². The van der Waals surface area contributed by atoms with Gasteiger partial charge in [-0.1, -0.05) is 43.1 Å². The van der Waals surface area contributed by atoms with E-state index in [-0.39, 0.29) is 5.91 Å². The predicted octanol–water partition coefficient (Wildman–Crippen LogP) is 4.58. The van der Waals surface area contributed by atoms with Crippen molar-refractivity contribution < 1.29 is 9.53 Å². The van der Waals surface area contributed by atoms with E-state index in [0.29, 0.717) is 46.3 Å². The lowest BCUT2D eigenvalue weighted by molar-refractivity contribution is 0.0976. The lowest BCUT2D eigenvalue weighted by atomic mass is 10.2. The van der Waals surface area contributed by atoms with Gasteiger partial charge in [-0.15, -0.1) is 0 Å². The third-order valence-corrected chi connectivity index (χ3v) is 6.03. The molecule has 0 aliphatic carbocycles. The lowest BCUT2D eigenvalue weighted by Gasteiger charge is -2.33. The van der Waals surface area contributed by atoms with Crippen molar-refractivity contribution >= 4 is 40.8 Å². The Morgan fingerprint density at radius 1 is 1.22 bits per heavy atom. The van der Waals surface area contributed by atoms with Crippen LogP contribution in [-0.4, -0.2) is 61.5 Å². The molecule has 0 radical (unpaired) electrons. The van der Waals surface area contributed by atoms with E-state index < -0.39 is 0 Å². The molecule has 194 valence electrons. The molecule has 2 heterocycles. The van der Waals surface area contributed by atoms with Gasteiger partial charge in [0.15, 0.2) is 5.84 Å². The number of nitrogens with zero attached hydrogens (tertiary/aromatic N) is 4. The lowest BCUT2D eigenvalue weighted by Crippen LogP contribution is -2.45. The molecule has 1 saturated heterocycles. The van der Waals surface area contributed by atoms with E-state index in [1.807, 2.05) is 19.1 Å². The summed E-state index contributed by atoms with van der Waals surface area (Å²) in [5.41, 5.74) is 4.22. The SMILES string of the molecule is C/C=C/C(=N\NCc1cc(Cl)ccc1OCC(C)C)NC(=O)c1cnc(N2CCN(C)CC2)c(Cl)c1. The van der Waals surface area contributed by atoms with Crippen molar-refractivity contribution in [2.45, 2.75) is 27.3 Å². The Hall–Kier alpha value is -2.81. The van der Waals surface area contributed by atoms with Gasteiger partial charge in [0.05, 0.1) is 23.7 Å². The van der Waals surface area contributed by atoms with Gasteiger partial charge in [-0.2, -0.15) is 5.10 Å². The number of anilines is 1. The van der Waals surface area contributed by atoms with Crippen LogP contribution in [0.3, 0.4) is 0 Å². The van der Waals surface area contributed by atoms with Crippen molar-refractivity contribution in [3.05, 3.63) is 63.8 Å². The molecule has 1 aromatic carbocycles. The molecule has 1 aromatic heterocycles. The fraction of sp³-hybridized carbons (Fsp3) is 0.423. The summed E-state index contributed by atoms with van der Waals surface area (Å²) in [6, 6.07) is 7.12. The zero-order valence-corrected chi connectivity index (χ0v) is 22.7. The summed E-state index contributed by atoms with van der Waals surface area (Å²) in [4.78, 5) is 21.7. The number of rotatable bonds is 9. The monoisotopic (exact) mass is 532 g/mol. The Morgan fingerprint density at radius 2 is 1.97 bits per heavy atom. The number of pyridine rings is 1. The molecule has 0 bridgehead atoms. The second kappa shape index (κ2) is 13.5. The molecule has 1 amide bonds. The molecule has 10 heteroatoms. The van der Waals surface area contributed by atoms with E-state index in [4.69, 9.17) is 27.9 Å². The number of carbonyl (C=O) groups is 1. The minimum absolute atomic E-state index is 0.350. The van der Waals surface area contributed by atoms with Crippen LogP contribution in [0.4, 0.5) is 5.82 Å². The van der Waals surface area contributed by atoms with Crippen LogP contribution < -0.4 is 20.4 Å². The van der Waals surface area contributed by atoms with Crippen LogP contribution in [-0.2, 0) is 6.54 Å². The summed E-state index contributed by atoms with van der Waals surface area (Å²) in [6.07, 6.45) is 5.03. The molecule has 8 nitrogen and oxygen atoms in total. The predicted molar refractivity (Wildman–Crippen MR) is 147 cm³/mol. The van der Waals surface area contributed by atoms with Crippen molar-refractivity contribution in [2.24, 2.45) is 11.0 Å². The summed E-state index contributed by atoms with van der Waals surface area (Å²) >= 11 is 12.7. The molecule has 0 saturated carbocycles. The first-order valence-corrected chi connectivity index (χ1v) is 12.8. The number of allylic oxidation sites excluding steroid dienone is 1. The van der Waals surface area contributed by atoms with Crippen molar-refractivity contribution in [3.63, 3.8) is 0 Å². The van der Waals surface area contributed by atoms with Gasteiger partial charge in [0.25, 0.3) is 5.91 Å². The molecular weight excluding hydrogens is 499 g/mol. The first-order valence-electron chi connectivity index (χ1n) is 12.0. The maximum absolute atomic E-state index is 12.9. The van der Waals surface area contributed by atoms with E-state index in [1.54, 1.807) is 30.5 Å². The van der Waals surface area contributed by atoms with Crippen molar-refractivity contribution in [3.8, 4) is 5.75 Å². The average Bonchev–Trinajstić information content (AvgIpc) is 2.84. The smallest absolute Gasteiger partial charge is 0.258 e. The summed E-state index contributed by atoms with van der Waals surface area (Å²) in [5, 5.41) is 8.21. The Bertz CT molecular complexity index is 1100. The first kappa shape index (κ1) is 27.8. The van der Waals surface area contributed by atoms with Crippen LogP contribution in [0.25, 0.3) is 0 Å². The number of hydrazone groups is 1. The number of hydrogen-bond donors (Lipinski definition) is 2. The standard InChI is InChI=1S/C26H34Cl2N6O2/c1-5-6-24(32-30-16-19-13-21(27)7-8-23(19)36-17-18(2)3)31-26(35)20-14-22(28)25(29-15-20)34-11-9-33(4)10-12-34/h5-8,13-15,18,30H,9-12,16-17H2,1-4H3,(H,31,32,35)/b6-5+. The molecule has 1 aliphatic rings. The highest BCUT2D eigenvalue weighted by Gasteiger charge is 2.19. The van der Waals surface area contributed by atoms with Gasteiger partial charge in [0.1, 0.15) is 11.6 Å². The van der Waals surface area contributed by atoms with Gasteiger partial charge < -0.3 is 25.3 Å². The molecule has 1 aliphatic heterocycles. The van der Waals surface area contributed by atoms with Crippen molar-refractivity contribution in [2.75, 3.05) is 44.7 Å².